The fourth-order valence-electron chi connectivity index (χ4n) is 3.41. The Morgan fingerprint density at radius 2 is 1.26 bits per heavy atom. The van der Waals surface area contributed by atoms with E-state index in [2.05, 4.69) is 41.8 Å². The van der Waals surface area contributed by atoms with E-state index in [-0.39, 0.29) is 10.0 Å². The molecule has 4 nitrogen and oxygen atoms in total. The molecule has 0 aliphatic heterocycles. The lowest BCUT2D eigenvalue weighted by molar-refractivity contribution is 0.224. The number of halogens is 8. The van der Waals surface area contributed by atoms with Crippen molar-refractivity contribution in [2.75, 3.05) is 0 Å². The average Bonchev–Trinajstić information content (AvgIpc) is 2.87. The molecule has 12 heteroatoms. The highest BCUT2D eigenvalue weighted by Crippen LogP contribution is 2.36. The van der Waals surface area contributed by atoms with Crippen LogP contribution in [0.25, 0.3) is 0 Å². The quantitative estimate of drug-likeness (QED) is 0.185. The zero-order chi connectivity index (χ0) is 28.9. The number of nitrogens with zero attached hydrogens (tertiary/aromatic N) is 2. The van der Waals surface area contributed by atoms with Gasteiger partial charge in [-0.15, -0.1) is 0 Å². The topological polar surface area (TPSA) is 44.2 Å². The van der Waals surface area contributed by atoms with E-state index in [1.54, 1.807) is 44.6 Å². The summed E-state index contributed by atoms with van der Waals surface area (Å²) in [5, 5.41) is 0.680. The van der Waals surface area contributed by atoms with Crippen LogP contribution in [0, 0.1) is 18.6 Å². The molecular weight excluding hydrogens is 724 g/mol. The van der Waals surface area contributed by atoms with Gasteiger partial charge in [-0.2, -0.15) is 0 Å². The zero-order valence-corrected chi connectivity index (χ0v) is 26.8. The molecule has 0 radical (unpaired) electrons. The summed E-state index contributed by atoms with van der Waals surface area (Å²) in [4.78, 5) is 8.16. The van der Waals surface area contributed by atoms with Gasteiger partial charge in [-0.3, -0.25) is 9.97 Å². The first-order valence-electron chi connectivity index (χ1n) is 11.2. The highest BCUT2D eigenvalue weighted by molar-refractivity contribution is 9.10. The number of hydrogen-bond donors (Lipinski definition) is 0. The van der Waals surface area contributed by atoms with Gasteiger partial charge in [0.1, 0.15) is 35.3 Å². The number of aromatic nitrogens is 2. The Bertz CT molecular complexity index is 1480. The van der Waals surface area contributed by atoms with Crippen LogP contribution in [-0.4, -0.2) is 9.97 Å². The van der Waals surface area contributed by atoms with Gasteiger partial charge in [0, 0.05) is 42.5 Å². The molecule has 0 spiro atoms. The standard InChI is InChI=1S/C14H11BrCl2FNO.C13H9BrCl2FNO/c1-7-12(5-9(15)6-19-7)20-8(2)13-10(16)3-4-11(18)14(13)17;1-7(19-9-4-8(14)5-18-6-9)12-10(15)2-3-11(17)13(12)16/h3-6,8H,1-2H3;2-7H,1H3. The van der Waals surface area contributed by atoms with E-state index in [9.17, 15) is 8.78 Å². The molecule has 2 atom stereocenters. The minimum Gasteiger partial charge on any atom is -0.484 e. The van der Waals surface area contributed by atoms with Crippen LogP contribution in [0.3, 0.4) is 0 Å². The maximum absolute atomic E-state index is 13.5. The van der Waals surface area contributed by atoms with Gasteiger partial charge >= 0.3 is 0 Å². The molecule has 0 saturated carbocycles. The number of hydrogen-bond acceptors (Lipinski definition) is 4. The van der Waals surface area contributed by atoms with Gasteiger partial charge in [-0.1, -0.05) is 46.4 Å². The van der Waals surface area contributed by atoms with Crippen LogP contribution in [0.5, 0.6) is 11.5 Å². The largest absolute Gasteiger partial charge is 0.484 e. The van der Waals surface area contributed by atoms with Gasteiger partial charge in [-0.25, -0.2) is 8.78 Å². The second-order valence-electron chi connectivity index (χ2n) is 8.11. The van der Waals surface area contributed by atoms with Crippen molar-refractivity contribution in [2.24, 2.45) is 0 Å². The van der Waals surface area contributed by atoms with E-state index in [1.807, 2.05) is 6.92 Å². The molecule has 4 aromatic rings. The van der Waals surface area contributed by atoms with Crippen LogP contribution in [-0.2, 0) is 0 Å². The highest BCUT2D eigenvalue weighted by Gasteiger charge is 2.20. The SMILES string of the molecule is CC(Oc1cncc(Br)c1)c1c(Cl)ccc(F)c1Cl.Cc1ncc(Br)cc1OC(C)c1c(Cl)ccc(F)c1Cl. The van der Waals surface area contributed by atoms with Crippen LogP contribution >= 0.6 is 78.3 Å². The summed E-state index contributed by atoms with van der Waals surface area (Å²) < 4.78 is 40.0. The van der Waals surface area contributed by atoms with Crippen LogP contribution in [0.2, 0.25) is 20.1 Å². The van der Waals surface area contributed by atoms with Crippen LogP contribution in [0.15, 0.2) is 63.9 Å². The molecule has 39 heavy (non-hydrogen) atoms. The lowest BCUT2D eigenvalue weighted by Crippen LogP contribution is -2.07. The third-order valence-corrected chi connectivity index (χ3v) is 7.57. The second kappa shape index (κ2) is 14.3. The summed E-state index contributed by atoms with van der Waals surface area (Å²) in [6, 6.07) is 8.92. The fourth-order valence-corrected chi connectivity index (χ4v) is 5.42. The number of aryl methyl sites for hydroxylation is 1. The Labute approximate surface area is 261 Å². The fraction of sp³-hybridized carbons (Fsp3) is 0.185. The van der Waals surface area contributed by atoms with Crippen LogP contribution in [0.1, 0.15) is 42.9 Å². The lowest BCUT2D eigenvalue weighted by Gasteiger charge is -2.19. The minimum absolute atomic E-state index is 0.0226. The molecule has 0 fully saturated rings. The molecule has 0 aliphatic carbocycles. The van der Waals surface area contributed by atoms with Crippen molar-refractivity contribution in [1.82, 2.24) is 9.97 Å². The second-order valence-corrected chi connectivity index (χ2v) is 11.5. The van der Waals surface area contributed by atoms with Gasteiger partial charge < -0.3 is 9.47 Å². The molecule has 2 aromatic carbocycles. The van der Waals surface area contributed by atoms with Gasteiger partial charge in [0.15, 0.2) is 0 Å². The van der Waals surface area contributed by atoms with E-state index >= 15 is 0 Å². The van der Waals surface area contributed by atoms with Crippen molar-refractivity contribution in [3.05, 3.63) is 112 Å². The minimum atomic E-state index is -0.524. The van der Waals surface area contributed by atoms with Gasteiger partial charge in [0.25, 0.3) is 0 Å². The first-order chi connectivity index (χ1) is 18.4. The number of rotatable bonds is 6. The lowest BCUT2D eigenvalue weighted by atomic mass is 10.1. The van der Waals surface area contributed by atoms with Crippen molar-refractivity contribution in [2.45, 2.75) is 33.0 Å². The van der Waals surface area contributed by atoms with E-state index < -0.39 is 23.8 Å². The van der Waals surface area contributed by atoms with Crippen molar-refractivity contribution < 1.29 is 18.3 Å². The number of pyridine rings is 2. The summed E-state index contributed by atoms with van der Waals surface area (Å²) in [6.45, 7) is 5.32. The van der Waals surface area contributed by atoms with Gasteiger partial charge in [0.2, 0.25) is 0 Å². The molecule has 2 heterocycles. The molecule has 0 N–H and O–H groups in total. The normalized spacial score (nSPS) is 12.3. The van der Waals surface area contributed by atoms with Crippen molar-refractivity contribution in [3.63, 3.8) is 0 Å². The van der Waals surface area contributed by atoms with Gasteiger partial charge in [0.05, 0.1) is 21.9 Å². The third-order valence-electron chi connectivity index (χ3n) is 5.28. The smallest absolute Gasteiger partial charge is 0.142 e. The molecule has 0 aliphatic rings. The van der Waals surface area contributed by atoms with Crippen molar-refractivity contribution in [1.29, 1.82) is 0 Å². The Hall–Kier alpha value is -1.68. The number of benzene rings is 2. The van der Waals surface area contributed by atoms with E-state index in [1.165, 1.54) is 24.3 Å². The molecule has 2 unspecified atom stereocenters. The molecule has 0 bridgehead atoms. The first kappa shape index (κ1) is 31.8. The Balaban J connectivity index is 0.000000216. The predicted molar refractivity (Wildman–Crippen MR) is 160 cm³/mol. The van der Waals surface area contributed by atoms with E-state index in [4.69, 9.17) is 55.9 Å². The number of ether oxygens (including phenoxy) is 2. The Morgan fingerprint density at radius 1 is 0.744 bits per heavy atom. The highest BCUT2D eigenvalue weighted by atomic mass is 79.9. The zero-order valence-electron chi connectivity index (χ0n) is 20.6. The summed E-state index contributed by atoms with van der Waals surface area (Å²) in [6.07, 6.45) is 3.88. The van der Waals surface area contributed by atoms with E-state index in [0.717, 1.165) is 14.6 Å². The maximum atomic E-state index is 13.5. The summed E-state index contributed by atoms with van der Waals surface area (Å²) in [5.74, 6) is 0.0797. The van der Waals surface area contributed by atoms with Crippen molar-refractivity contribution in [3.8, 4) is 11.5 Å². The van der Waals surface area contributed by atoms with Gasteiger partial charge in [-0.05, 0) is 89.0 Å². The van der Waals surface area contributed by atoms with Crippen LogP contribution < -0.4 is 9.47 Å². The summed E-state index contributed by atoms with van der Waals surface area (Å²) in [7, 11) is 0. The van der Waals surface area contributed by atoms with Crippen LogP contribution in [0.4, 0.5) is 8.78 Å². The molecule has 206 valence electrons. The third kappa shape index (κ3) is 8.41. The van der Waals surface area contributed by atoms with Crippen molar-refractivity contribution >= 4 is 78.3 Å². The maximum Gasteiger partial charge on any atom is 0.142 e. The summed E-state index contributed by atoms with van der Waals surface area (Å²) >= 11 is 30.6. The molecule has 0 amide bonds. The Morgan fingerprint density at radius 3 is 1.79 bits per heavy atom. The average molecular weight is 744 g/mol. The predicted octanol–water partition coefficient (Wildman–Crippen LogP) is 11.2. The van der Waals surface area contributed by atoms with E-state index in [0.29, 0.717) is 32.7 Å². The monoisotopic (exact) mass is 740 g/mol. The summed E-state index contributed by atoms with van der Waals surface area (Å²) in [5.41, 5.74) is 1.57. The molecule has 0 saturated heterocycles. The first-order valence-corrected chi connectivity index (χ1v) is 14.3. The molecule has 2 aromatic heterocycles. The molecular formula is C27H20Br2Cl4F2N2O2. The Kier molecular flexibility index (Phi) is 11.7. The molecule has 4 rings (SSSR count).